The zero-order chi connectivity index (χ0) is 19.4. The van der Waals surface area contributed by atoms with E-state index in [2.05, 4.69) is 56.6 Å². The van der Waals surface area contributed by atoms with Crippen LogP contribution in [0.3, 0.4) is 0 Å². The fraction of sp³-hybridized carbons (Fsp3) is 0.600. The van der Waals surface area contributed by atoms with Crippen molar-refractivity contribution in [2.45, 2.75) is 70.6 Å². The maximum Gasteiger partial charge on any atom is 0.249 e. The molecule has 1 aromatic rings. The number of rotatable bonds is 7. The molecule has 0 spiro atoms. The number of aryl methyl sites for hydroxylation is 1. The Morgan fingerprint density at radius 2 is 1.85 bits per heavy atom. The number of amides is 2. The molecule has 6 heteroatoms. The highest BCUT2D eigenvalue weighted by Gasteiger charge is 2.36. The standard InChI is InChI=1S/C20H32N2O3Si/c1-20(2,3)26(4,5)25-14-6-7-15-8-10-16(11-9-15)21-17-12-13-18(23)22-19(17)24/h8-11,17,21H,6-7,12-14H2,1-5H3,(H,22,23,24). The predicted molar refractivity (Wildman–Crippen MR) is 108 cm³/mol. The predicted octanol–water partition coefficient (Wildman–Crippen LogP) is 3.86. The van der Waals surface area contributed by atoms with Gasteiger partial charge in [0.05, 0.1) is 0 Å². The van der Waals surface area contributed by atoms with Gasteiger partial charge >= 0.3 is 0 Å². The number of anilines is 1. The maximum atomic E-state index is 11.8. The van der Waals surface area contributed by atoms with Gasteiger partial charge in [-0.2, -0.15) is 0 Å². The third-order valence-corrected chi connectivity index (χ3v) is 9.95. The Morgan fingerprint density at radius 3 is 2.42 bits per heavy atom. The Morgan fingerprint density at radius 1 is 1.19 bits per heavy atom. The van der Waals surface area contributed by atoms with Crippen molar-refractivity contribution in [3.63, 3.8) is 0 Å². The number of hydrogen-bond acceptors (Lipinski definition) is 4. The molecule has 0 saturated carbocycles. The van der Waals surface area contributed by atoms with Crippen LogP contribution in [-0.4, -0.2) is 32.8 Å². The molecule has 1 aliphatic heterocycles. The van der Waals surface area contributed by atoms with Crippen molar-refractivity contribution in [1.82, 2.24) is 5.32 Å². The lowest BCUT2D eigenvalue weighted by Crippen LogP contribution is -2.47. The molecule has 1 heterocycles. The molecule has 2 rings (SSSR count). The molecule has 1 saturated heterocycles. The van der Waals surface area contributed by atoms with E-state index in [1.165, 1.54) is 5.56 Å². The quantitative estimate of drug-likeness (QED) is 0.431. The highest BCUT2D eigenvalue weighted by Crippen LogP contribution is 2.36. The molecule has 0 aliphatic carbocycles. The van der Waals surface area contributed by atoms with E-state index in [0.29, 0.717) is 12.8 Å². The summed E-state index contributed by atoms with van der Waals surface area (Å²) in [5.74, 6) is -0.434. The lowest BCUT2D eigenvalue weighted by molar-refractivity contribution is -0.133. The van der Waals surface area contributed by atoms with Crippen molar-refractivity contribution >= 4 is 25.8 Å². The molecule has 1 fully saturated rings. The zero-order valence-electron chi connectivity index (χ0n) is 16.6. The summed E-state index contributed by atoms with van der Waals surface area (Å²) < 4.78 is 6.21. The van der Waals surface area contributed by atoms with Crippen LogP contribution in [0.15, 0.2) is 24.3 Å². The molecule has 1 unspecified atom stereocenters. The van der Waals surface area contributed by atoms with E-state index in [9.17, 15) is 9.59 Å². The van der Waals surface area contributed by atoms with Gasteiger partial charge in [-0.25, -0.2) is 0 Å². The minimum absolute atomic E-state index is 0.191. The first-order valence-electron chi connectivity index (χ1n) is 9.42. The van der Waals surface area contributed by atoms with Gasteiger partial charge in [-0.3, -0.25) is 14.9 Å². The van der Waals surface area contributed by atoms with Gasteiger partial charge in [0.1, 0.15) is 6.04 Å². The molecular weight excluding hydrogens is 344 g/mol. The van der Waals surface area contributed by atoms with Crippen LogP contribution in [0.1, 0.15) is 45.6 Å². The topological polar surface area (TPSA) is 67.4 Å². The van der Waals surface area contributed by atoms with E-state index < -0.39 is 8.32 Å². The number of carbonyl (C=O) groups excluding carboxylic acids is 2. The normalized spacial score (nSPS) is 18.6. The van der Waals surface area contributed by atoms with Crippen LogP contribution in [0.25, 0.3) is 0 Å². The smallest absolute Gasteiger partial charge is 0.249 e. The Kier molecular flexibility index (Phi) is 6.63. The first-order chi connectivity index (χ1) is 12.1. The molecule has 26 heavy (non-hydrogen) atoms. The monoisotopic (exact) mass is 376 g/mol. The summed E-state index contributed by atoms with van der Waals surface area (Å²) in [5, 5.41) is 5.81. The summed E-state index contributed by atoms with van der Waals surface area (Å²) >= 11 is 0. The minimum atomic E-state index is -1.66. The maximum absolute atomic E-state index is 11.8. The summed E-state index contributed by atoms with van der Waals surface area (Å²) in [6.07, 6.45) is 2.91. The summed E-state index contributed by atoms with van der Waals surface area (Å²) in [5.41, 5.74) is 2.17. The average Bonchev–Trinajstić information content (AvgIpc) is 2.54. The van der Waals surface area contributed by atoms with Gasteiger partial charge in [-0.1, -0.05) is 32.9 Å². The fourth-order valence-electron chi connectivity index (χ4n) is 2.62. The lowest BCUT2D eigenvalue weighted by Gasteiger charge is -2.36. The van der Waals surface area contributed by atoms with Gasteiger partial charge in [0, 0.05) is 18.7 Å². The molecule has 0 bridgehead atoms. The summed E-state index contributed by atoms with van der Waals surface area (Å²) in [7, 11) is -1.66. The molecule has 2 N–H and O–H groups in total. The van der Waals surface area contributed by atoms with E-state index in [1.54, 1.807) is 0 Å². The lowest BCUT2D eigenvalue weighted by atomic mass is 10.1. The largest absolute Gasteiger partial charge is 0.417 e. The number of benzene rings is 1. The van der Waals surface area contributed by atoms with Crippen molar-refractivity contribution in [1.29, 1.82) is 0 Å². The SMILES string of the molecule is CC(C)(C)[Si](C)(C)OCCCc1ccc(NC2CCC(=O)NC2=O)cc1. The summed E-state index contributed by atoms with van der Waals surface area (Å²) in [6, 6.07) is 7.82. The van der Waals surface area contributed by atoms with Crippen molar-refractivity contribution < 1.29 is 14.0 Å². The molecule has 5 nitrogen and oxygen atoms in total. The van der Waals surface area contributed by atoms with E-state index in [4.69, 9.17) is 4.43 Å². The van der Waals surface area contributed by atoms with Crippen LogP contribution in [0.2, 0.25) is 18.1 Å². The van der Waals surface area contributed by atoms with Gasteiger partial charge < -0.3 is 9.74 Å². The van der Waals surface area contributed by atoms with E-state index in [1.807, 2.05) is 12.1 Å². The molecular formula is C20H32N2O3Si. The van der Waals surface area contributed by atoms with E-state index >= 15 is 0 Å². The van der Waals surface area contributed by atoms with E-state index in [-0.39, 0.29) is 22.9 Å². The van der Waals surface area contributed by atoms with Gasteiger partial charge in [0.25, 0.3) is 0 Å². The molecule has 1 aliphatic rings. The number of nitrogens with one attached hydrogen (secondary N) is 2. The van der Waals surface area contributed by atoms with Crippen molar-refractivity contribution in [2.75, 3.05) is 11.9 Å². The first kappa shape index (κ1) is 20.6. The van der Waals surface area contributed by atoms with Crippen molar-refractivity contribution in [2.24, 2.45) is 0 Å². The molecule has 144 valence electrons. The van der Waals surface area contributed by atoms with Gasteiger partial charge in [0.2, 0.25) is 11.8 Å². The first-order valence-corrected chi connectivity index (χ1v) is 12.3. The molecule has 1 atom stereocenters. The van der Waals surface area contributed by atoms with Crippen molar-refractivity contribution in [3.05, 3.63) is 29.8 Å². The average molecular weight is 377 g/mol. The highest BCUT2D eigenvalue weighted by atomic mass is 28.4. The van der Waals surface area contributed by atoms with E-state index in [0.717, 1.165) is 25.1 Å². The van der Waals surface area contributed by atoms with Crippen molar-refractivity contribution in [3.8, 4) is 0 Å². The van der Waals surface area contributed by atoms with Crippen LogP contribution in [0.5, 0.6) is 0 Å². The highest BCUT2D eigenvalue weighted by molar-refractivity contribution is 6.74. The van der Waals surface area contributed by atoms with Crippen LogP contribution in [0.4, 0.5) is 5.69 Å². The number of hydrogen-bond donors (Lipinski definition) is 2. The second-order valence-electron chi connectivity index (χ2n) is 8.56. The second kappa shape index (κ2) is 8.35. The number of carbonyl (C=O) groups is 2. The van der Waals surface area contributed by atoms with Gasteiger partial charge in [0.15, 0.2) is 8.32 Å². The number of imide groups is 1. The fourth-order valence-corrected chi connectivity index (χ4v) is 3.71. The molecule has 0 aromatic heterocycles. The summed E-state index contributed by atoms with van der Waals surface area (Å²) in [4.78, 5) is 23.0. The van der Waals surface area contributed by atoms with Crippen LogP contribution in [-0.2, 0) is 20.4 Å². The zero-order valence-corrected chi connectivity index (χ0v) is 17.6. The second-order valence-corrected chi connectivity index (χ2v) is 13.4. The molecule has 1 aromatic carbocycles. The third kappa shape index (κ3) is 5.67. The Hall–Kier alpha value is -1.66. The van der Waals surface area contributed by atoms with Gasteiger partial charge in [-0.15, -0.1) is 0 Å². The van der Waals surface area contributed by atoms with Crippen LogP contribution in [0, 0.1) is 0 Å². The van der Waals surface area contributed by atoms with Crippen LogP contribution < -0.4 is 10.6 Å². The Balaban J connectivity index is 1.77. The number of piperidine rings is 1. The Labute approximate surface area is 158 Å². The third-order valence-electron chi connectivity index (χ3n) is 5.41. The Bertz CT molecular complexity index is 635. The van der Waals surface area contributed by atoms with Gasteiger partial charge in [-0.05, 0) is 55.1 Å². The minimum Gasteiger partial charge on any atom is -0.417 e. The summed E-state index contributed by atoms with van der Waals surface area (Å²) in [6.45, 7) is 12.1. The molecule has 0 radical (unpaired) electrons. The molecule has 2 amide bonds. The van der Waals surface area contributed by atoms with Crippen LogP contribution >= 0.6 is 0 Å².